The smallest absolute Gasteiger partial charge is 0.177 e. The van der Waals surface area contributed by atoms with Gasteiger partial charge in [0.1, 0.15) is 18.1 Å². The maximum atomic E-state index is 11.2. The molecule has 2 heterocycles. The Bertz CT molecular complexity index is 729. The molecule has 0 saturated carbocycles. The largest absolute Gasteiger partial charge is 0.487 e. The van der Waals surface area contributed by atoms with Crippen LogP contribution in [0.15, 0.2) is 52.4 Å². The first kappa shape index (κ1) is 13.6. The number of carbonyl (C=O) groups is 1. The normalized spacial score (nSPS) is 10.5. The number of aromatic nitrogens is 1. The van der Waals surface area contributed by atoms with Gasteiger partial charge in [0.15, 0.2) is 11.5 Å². The van der Waals surface area contributed by atoms with Crippen molar-refractivity contribution in [2.45, 2.75) is 13.5 Å². The quantitative estimate of drug-likeness (QED) is 0.663. The highest BCUT2D eigenvalue weighted by atomic mass is 32.1. The number of benzene rings is 1. The van der Waals surface area contributed by atoms with Gasteiger partial charge in [0.05, 0.1) is 4.88 Å². The van der Waals surface area contributed by atoms with Gasteiger partial charge in [-0.15, -0.1) is 11.3 Å². The molecule has 1 aromatic carbocycles. The summed E-state index contributed by atoms with van der Waals surface area (Å²) in [5.41, 5.74) is 1.40. The monoisotopic (exact) mass is 299 g/mol. The third-order valence-electron chi connectivity index (χ3n) is 2.97. The summed E-state index contributed by atoms with van der Waals surface area (Å²) < 4.78 is 10.9. The predicted octanol–water partition coefficient (Wildman–Crippen LogP) is 4.18. The minimum atomic E-state index is 0.0404. The molecule has 0 aliphatic rings. The lowest BCUT2D eigenvalue weighted by Crippen LogP contribution is -1.96. The van der Waals surface area contributed by atoms with Gasteiger partial charge in [-0.1, -0.05) is 11.2 Å². The van der Waals surface area contributed by atoms with E-state index >= 15 is 0 Å². The SMILES string of the molecule is CC(=O)c1ccc(OCc2cc(-c3cccs3)on2)cc1. The molecule has 0 aliphatic heterocycles. The Kier molecular flexibility index (Phi) is 3.83. The Morgan fingerprint density at radius 3 is 2.76 bits per heavy atom. The summed E-state index contributed by atoms with van der Waals surface area (Å²) in [6.07, 6.45) is 0. The molecule has 4 nitrogen and oxygen atoms in total. The van der Waals surface area contributed by atoms with Gasteiger partial charge in [0.25, 0.3) is 0 Å². The fraction of sp³-hybridized carbons (Fsp3) is 0.125. The molecule has 0 amide bonds. The highest BCUT2D eigenvalue weighted by Gasteiger charge is 2.08. The number of hydrogen-bond donors (Lipinski definition) is 0. The molecule has 0 atom stereocenters. The first-order valence-electron chi connectivity index (χ1n) is 6.45. The van der Waals surface area contributed by atoms with Crippen LogP contribution in [0.2, 0.25) is 0 Å². The lowest BCUT2D eigenvalue weighted by atomic mass is 10.1. The zero-order chi connectivity index (χ0) is 14.7. The van der Waals surface area contributed by atoms with Gasteiger partial charge in [0.2, 0.25) is 0 Å². The summed E-state index contributed by atoms with van der Waals surface area (Å²) in [6.45, 7) is 1.87. The number of Topliss-reactive ketones (excluding diaryl/α,β-unsaturated/α-hetero) is 1. The number of hydrogen-bond acceptors (Lipinski definition) is 5. The van der Waals surface area contributed by atoms with Gasteiger partial charge in [-0.05, 0) is 42.6 Å². The van der Waals surface area contributed by atoms with E-state index in [1.807, 2.05) is 23.6 Å². The van der Waals surface area contributed by atoms with E-state index in [9.17, 15) is 4.79 Å². The molecule has 0 fully saturated rings. The van der Waals surface area contributed by atoms with Crippen molar-refractivity contribution < 1.29 is 14.1 Å². The lowest BCUT2D eigenvalue weighted by molar-refractivity contribution is 0.101. The van der Waals surface area contributed by atoms with Gasteiger partial charge in [-0.2, -0.15) is 0 Å². The van der Waals surface area contributed by atoms with Crippen molar-refractivity contribution in [1.29, 1.82) is 0 Å². The van der Waals surface area contributed by atoms with Gasteiger partial charge in [0, 0.05) is 11.6 Å². The fourth-order valence-corrected chi connectivity index (χ4v) is 2.53. The molecular weight excluding hydrogens is 286 g/mol. The van der Waals surface area contributed by atoms with Crippen LogP contribution in [0.1, 0.15) is 23.0 Å². The summed E-state index contributed by atoms with van der Waals surface area (Å²) in [5, 5.41) is 5.98. The number of rotatable bonds is 5. The van der Waals surface area contributed by atoms with E-state index < -0.39 is 0 Å². The summed E-state index contributed by atoms with van der Waals surface area (Å²) in [6, 6.07) is 12.9. The van der Waals surface area contributed by atoms with Crippen molar-refractivity contribution in [2.75, 3.05) is 0 Å². The summed E-state index contributed by atoms with van der Waals surface area (Å²) in [5.74, 6) is 1.48. The van der Waals surface area contributed by atoms with E-state index in [0.717, 1.165) is 16.3 Å². The van der Waals surface area contributed by atoms with E-state index in [2.05, 4.69) is 5.16 Å². The third kappa shape index (κ3) is 3.20. The molecule has 0 spiro atoms. The Hall–Kier alpha value is -2.40. The molecule has 0 radical (unpaired) electrons. The van der Waals surface area contributed by atoms with Crippen LogP contribution in [0, 0.1) is 0 Å². The van der Waals surface area contributed by atoms with Gasteiger partial charge >= 0.3 is 0 Å². The van der Waals surface area contributed by atoms with Gasteiger partial charge < -0.3 is 9.26 Å². The maximum Gasteiger partial charge on any atom is 0.177 e. The number of ketones is 1. The maximum absolute atomic E-state index is 11.2. The number of thiophene rings is 1. The second-order valence-electron chi connectivity index (χ2n) is 4.53. The van der Waals surface area contributed by atoms with E-state index in [0.29, 0.717) is 17.9 Å². The van der Waals surface area contributed by atoms with E-state index in [4.69, 9.17) is 9.26 Å². The molecule has 0 aliphatic carbocycles. The van der Waals surface area contributed by atoms with Gasteiger partial charge in [-0.25, -0.2) is 0 Å². The molecule has 2 aromatic heterocycles. The molecule has 3 rings (SSSR count). The summed E-state index contributed by atoms with van der Waals surface area (Å²) >= 11 is 1.60. The predicted molar refractivity (Wildman–Crippen MR) is 80.6 cm³/mol. The van der Waals surface area contributed by atoms with Crippen LogP contribution in [0.3, 0.4) is 0 Å². The van der Waals surface area contributed by atoms with Crippen molar-refractivity contribution in [3.63, 3.8) is 0 Å². The van der Waals surface area contributed by atoms with Crippen LogP contribution >= 0.6 is 11.3 Å². The number of carbonyl (C=O) groups excluding carboxylic acids is 1. The highest BCUT2D eigenvalue weighted by molar-refractivity contribution is 7.13. The molecule has 0 unspecified atom stereocenters. The van der Waals surface area contributed by atoms with E-state index in [-0.39, 0.29) is 5.78 Å². The van der Waals surface area contributed by atoms with Crippen molar-refractivity contribution in [3.8, 4) is 16.4 Å². The van der Waals surface area contributed by atoms with Crippen LogP contribution in [-0.2, 0) is 6.61 Å². The molecule has 0 bridgehead atoms. The zero-order valence-electron chi connectivity index (χ0n) is 11.4. The highest BCUT2D eigenvalue weighted by Crippen LogP contribution is 2.25. The zero-order valence-corrected chi connectivity index (χ0v) is 12.2. The molecule has 3 aromatic rings. The number of ether oxygens (including phenoxy) is 1. The first-order valence-corrected chi connectivity index (χ1v) is 7.33. The molecule has 21 heavy (non-hydrogen) atoms. The average Bonchev–Trinajstić information content (AvgIpc) is 3.16. The lowest BCUT2D eigenvalue weighted by Gasteiger charge is -2.03. The van der Waals surface area contributed by atoms with Crippen LogP contribution in [0.25, 0.3) is 10.6 Å². The molecule has 0 saturated heterocycles. The molecular formula is C16H13NO3S. The van der Waals surface area contributed by atoms with Crippen LogP contribution < -0.4 is 4.74 Å². The second kappa shape index (κ2) is 5.93. The van der Waals surface area contributed by atoms with Crippen molar-refractivity contribution in [3.05, 3.63) is 59.1 Å². The Morgan fingerprint density at radius 1 is 1.29 bits per heavy atom. The molecule has 5 heteroatoms. The molecule has 0 N–H and O–H groups in total. The minimum absolute atomic E-state index is 0.0404. The minimum Gasteiger partial charge on any atom is -0.487 e. The molecule has 106 valence electrons. The van der Waals surface area contributed by atoms with Crippen molar-refractivity contribution >= 4 is 17.1 Å². The van der Waals surface area contributed by atoms with Crippen molar-refractivity contribution in [1.82, 2.24) is 5.16 Å². The van der Waals surface area contributed by atoms with Crippen LogP contribution in [0.4, 0.5) is 0 Å². The van der Waals surface area contributed by atoms with E-state index in [1.165, 1.54) is 6.92 Å². The third-order valence-corrected chi connectivity index (χ3v) is 3.85. The summed E-state index contributed by atoms with van der Waals surface area (Å²) in [4.78, 5) is 12.2. The number of nitrogens with zero attached hydrogens (tertiary/aromatic N) is 1. The Balaban J connectivity index is 1.64. The van der Waals surface area contributed by atoms with Gasteiger partial charge in [-0.3, -0.25) is 4.79 Å². The standard InChI is InChI=1S/C16H13NO3S/c1-11(18)12-4-6-14(7-5-12)19-10-13-9-15(20-17-13)16-3-2-8-21-16/h2-9H,10H2,1H3. The Labute approximate surface area is 126 Å². The topological polar surface area (TPSA) is 52.3 Å². The van der Waals surface area contributed by atoms with Crippen LogP contribution in [-0.4, -0.2) is 10.9 Å². The van der Waals surface area contributed by atoms with Crippen LogP contribution in [0.5, 0.6) is 5.75 Å². The average molecular weight is 299 g/mol. The summed E-state index contributed by atoms with van der Waals surface area (Å²) in [7, 11) is 0. The van der Waals surface area contributed by atoms with Crippen molar-refractivity contribution in [2.24, 2.45) is 0 Å². The van der Waals surface area contributed by atoms with E-state index in [1.54, 1.807) is 35.6 Å². The first-order chi connectivity index (χ1) is 10.2. The Morgan fingerprint density at radius 2 is 2.10 bits per heavy atom. The fourth-order valence-electron chi connectivity index (χ4n) is 1.86. The second-order valence-corrected chi connectivity index (χ2v) is 5.48.